The Balaban J connectivity index is 1.40. The molecule has 0 saturated carbocycles. The highest BCUT2D eigenvalue weighted by Gasteiger charge is 2.22. The van der Waals surface area contributed by atoms with E-state index >= 15 is 0 Å². The van der Waals surface area contributed by atoms with Crippen LogP contribution in [0.1, 0.15) is 5.69 Å². The van der Waals surface area contributed by atoms with E-state index in [1.165, 1.54) is 5.69 Å². The van der Waals surface area contributed by atoms with E-state index in [0.29, 0.717) is 17.4 Å². The van der Waals surface area contributed by atoms with Gasteiger partial charge in [0.25, 0.3) is 5.78 Å². The fraction of sp³-hybridized carbons (Fsp3) is 0.286. The summed E-state index contributed by atoms with van der Waals surface area (Å²) in [6, 6.07) is 14.0. The largest absolute Gasteiger partial charge is 0.497 e. The highest BCUT2D eigenvalue weighted by Crippen LogP contribution is 2.25. The molecule has 1 aliphatic heterocycles. The van der Waals surface area contributed by atoms with Gasteiger partial charge >= 0.3 is 0 Å². The lowest BCUT2D eigenvalue weighted by atomic mass is 10.2. The highest BCUT2D eigenvalue weighted by molar-refractivity contribution is 5.56. The van der Waals surface area contributed by atoms with Crippen molar-refractivity contribution in [3.05, 3.63) is 54.4 Å². The number of rotatable bonds is 4. The number of hydrogen-bond donors (Lipinski definition) is 0. The maximum absolute atomic E-state index is 5.45. The van der Waals surface area contributed by atoms with Gasteiger partial charge in [-0.05, 0) is 43.3 Å². The molecule has 0 amide bonds. The summed E-state index contributed by atoms with van der Waals surface area (Å²) in [4.78, 5) is 13.8. The molecule has 0 atom stereocenters. The molecule has 4 aromatic rings. The molecule has 1 aliphatic rings. The lowest BCUT2D eigenvalue weighted by molar-refractivity contribution is 0.415. The first-order chi connectivity index (χ1) is 14.2. The van der Waals surface area contributed by atoms with E-state index in [1.807, 2.05) is 35.7 Å². The van der Waals surface area contributed by atoms with Crippen LogP contribution in [0.2, 0.25) is 0 Å². The van der Waals surface area contributed by atoms with Gasteiger partial charge in [-0.2, -0.15) is 9.50 Å². The Hall–Kier alpha value is -3.55. The lowest BCUT2D eigenvalue weighted by Crippen LogP contribution is -2.47. The number of methoxy groups -OCH3 is 1. The summed E-state index contributed by atoms with van der Waals surface area (Å²) in [5.41, 5.74) is 2.13. The molecule has 3 aromatic heterocycles. The van der Waals surface area contributed by atoms with Crippen molar-refractivity contribution in [3.8, 4) is 17.3 Å². The molecule has 0 spiro atoms. The Morgan fingerprint density at radius 3 is 2.41 bits per heavy atom. The Morgan fingerprint density at radius 2 is 1.72 bits per heavy atom. The molecule has 0 radical (unpaired) electrons. The Kier molecular flexibility index (Phi) is 4.31. The number of aryl methyl sites for hydroxylation is 1. The molecule has 5 rings (SSSR count). The minimum absolute atomic E-state index is 0.547. The number of aromatic nitrogens is 4. The molecule has 1 aromatic carbocycles. The predicted octanol–water partition coefficient (Wildman–Crippen LogP) is 3.03. The number of ether oxygens (including phenoxy) is 1. The second-order valence-corrected chi connectivity index (χ2v) is 7.05. The number of fused-ring (bicyclic) bond motifs is 1. The Bertz CT molecular complexity index is 1110. The third kappa shape index (κ3) is 3.26. The van der Waals surface area contributed by atoms with Crippen molar-refractivity contribution >= 4 is 17.3 Å². The third-order valence-electron chi connectivity index (χ3n) is 5.20. The monoisotopic (exact) mass is 390 g/mol. The van der Waals surface area contributed by atoms with Crippen molar-refractivity contribution in [2.75, 3.05) is 43.1 Å². The summed E-state index contributed by atoms with van der Waals surface area (Å²) in [5.74, 6) is 3.66. The standard InChI is InChI=1S/C21H22N6O2/c1-15-14-19(27-21(22-15)23-20(24-27)18-4-3-13-29-18)26-11-9-25(10-12-26)16-5-7-17(28-2)8-6-16/h3-8,13-14H,9-12H2,1-2H3. The van der Waals surface area contributed by atoms with E-state index in [-0.39, 0.29) is 0 Å². The van der Waals surface area contributed by atoms with Crippen LogP contribution >= 0.6 is 0 Å². The molecule has 0 N–H and O–H groups in total. The SMILES string of the molecule is COc1ccc(N2CCN(c3cc(C)nc4nc(-c5ccco5)nn34)CC2)cc1. The second kappa shape index (κ2) is 7.12. The maximum Gasteiger partial charge on any atom is 0.254 e. The van der Waals surface area contributed by atoms with E-state index in [2.05, 4.69) is 43.1 Å². The second-order valence-electron chi connectivity index (χ2n) is 7.05. The zero-order valence-electron chi connectivity index (χ0n) is 16.4. The van der Waals surface area contributed by atoms with Gasteiger partial charge in [-0.25, -0.2) is 4.98 Å². The molecule has 1 saturated heterocycles. The lowest BCUT2D eigenvalue weighted by Gasteiger charge is -2.37. The number of piperazine rings is 1. The first kappa shape index (κ1) is 17.5. The summed E-state index contributed by atoms with van der Waals surface area (Å²) in [5, 5.41) is 4.65. The Morgan fingerprint density at radius 1 is 0.966 bits per heavy atom. The van der Waals surface area contributed by atoms with Crippen LogP contribution in [-0.2, 0) is 0 Å². The Labute approximate surface area is 168 Å². The van der Waals surface area contributed by atoms with Crippen molar-refractivity contribution in [3.63, 3.8) is 0 Å². The average Bonchev–Trinajstić information content (AvgIpc) is 3.43. The van der Waals surface area contributed by atoms with Crippen molar-refractivity contribution in [2.24, 2.45) is 0 Å². The van der Waals surface area contributed by atoms with E-state index in [4.69, 9.17) is 9.15 Å². The molecule has 0 unspecified atom stereocenters. The summed E-state index contributed by atoms with van der Waals surface area (Å²) >= 11 is 0. The van der Waals surface area contributed by atoms with Crippen LogP contribution in [0.15, 0.2) is 53.1 Å². The number of hydrogen-bond acceptors (Lipinski definition) is 7. The van der Waals surface area contributed by atoms with Gasteiger partial charge in [0.05, 0.1) is 13.4 Å². The third-order valence-corrected chi connectivity index (χ3v) is 5.20. The fourth-order valence-corrected chi connectivity index (χ4v) is 3.69. The maximum atomic E-state index is 5.45. The molecule has 1 fully saturated rings. The summed E-state index contributed by atoms with van der Waals surface area (Å²) in [6.07, 6.45) is 1.62. The molecular weight excluding hydrogens is 368 g/mol. The molecule has 0 bridgehead atoms. The van der Waals surface area contributed by atoms with Gasteiger partial charge in [0.15, 0.2) is 5.76 Å². The zero-order valence-corrected chi connectivity index (χ0v) is 16.4. The van der Waals surface area contributed by atoms with Gasteiger partial charge in [0.2, 0.25) is 5.82 Å². The first-order valence-corrected chi connectivity index (χ1v) is 9.63. The summed E-state index contributed by atoms with van der Waals surface area (Å²) in [6.45, 7) is 5.61. The van der Waals surface area contributed by atoms with Gasteiger partial charge < -0.3 is 19.0 Å². The smallest absolute Gasteiger partial charge is 0.254 e. The van der Waals surface area contributed by atoms with Crippen LogP contribution < -0.4 is 14.5 Å². The van der Waals surface area contributed by atoms with E-state index in [9.17, 15) is 0 Å². The van der Waals surface area contributed by atoms with Crippen molar-refractivity contribution in [1.82, 2.24) is 19.6 Å². The van der Waals surface area contributed by atoms with Gasteiger partial charge in [-0.1, -0.05) is 0 Å². The van der Waals surface area contributed by atoms with E-state index in [0.717, 1.165) is 43.4 Å². The predicted molar refractivity (Wildman–Crippen MR) is 111 cm³/mol. The topological polar surface area (TPSA) is 71.9 Å². The number of furan rings is 1. The molecule has 148 valence electrons. The highest BCUT2D eigenvalue weighted by atomic mass is 16.5. The van der Waals surface area contributed by atoms with Crippen LogP contribution in [0.25, 0.3) is 17.4 Å². The van der Waals surface area contributed by atoms with Crippen LogP contribution in [0, 0.1) is 6.92 Å². The minimum Gasteiger partial charge on any atom is -0.497 e. The molecular formula is C21H22N6O2. The fourth-order valence-electron chi connectivity index (χ4n) is 3.69. The van der Waals surface area contributed by atoms with Crippen molar-refractivity contribution in [1.29, 1.82) is 0 Å². The van der Waals surface area contributed by atoms with Gasteiger partial charge in [0.1, 0.15) is 11.6 Å². The minimum atomic E-state index is 0.547. The van der Waals surface area contributed by atoms with E-state index in [1.54, 1.807) is 13.4 Å². The quantitative estimate of drug-likeness (QED) is 0.530. The van der Waals surface area contributed by atoms with Crippen molar-refractivity contribution in [2.45, 2.75) is 6.92 Å². The van der Waals surface area contributed by atoms with Crippen LogP contribution in [0.5, 0.6) is 5.75 Å². The molecule has 8 heteroatoms. The van der Waals surface area contributed by atoms with Crippen LogP contribution in [0.4, 0.5) is 11.5 Å². The number of benzene rings is 1. The molecule has 0 aliphatic carbocycles. The first-order valence-electron chi connectivity index (χ1n) is 9.63. The summed E-state index contributed by atoms with van der Waals surface area (Å²) in [7, 11) is 1.69. The van der Waals surface area contributed by atoms with Crippen LogP contribution in [0.3, 0.4) is 0 Å². The summed E-state index contributed by atoms with van der Waals surface area (Å²) < 4.78 is 12.5. The van der Waals surface area contributed by atoms with E-state index < -0.39 is 0 Å². The number of anilines is 2. The number of nitrogens with zero attached hydrogens (tertiary/aromatic N) is 6. The van der Waals surface area contributed by atoms with Gasteiger partial charge in [-0.15, -0.1) is 5.10 Å². The van der Waals surface area contributed by atoms with Gasteiger partial charge in [0, 0.05) is 43.6 Å². The molecule has 8 nitrogen and oxygen atoms in total. The zero-order chi connectivity index (χ0) is 19.8. The average molecular weight is 390 g/mol. The van der Waals surface area contributed by atoms with Gasteiger partial charge in [-0.3, -0.25) is 0 Å². The van der Waals surface area contributed by atoms with Crippen molar-refractivity contribution < 1.29 is 9.15 Å². The molecule has 4 heterocycles. The van der Waals surface area contributed by atoms with Crippen LogP contribution in [-0.4, -0.2) is 52.9 Å². The normalized spacial score (nSPS) is 14.6. The molecule has 29 heavy (non-hydrogen) atoms.